The number of hydrogen-bond acceptors (Lipinski definition) is 4. The first-order chi connectivity index (χ1) is 15.5. The number of para-hydroxylation sites is 1. The largest absolute Gasteiger partial charge is 0.342 e. The van der Waals surface area contributed by atoms with Crippen molar-refractivity contribution in [2.75, 3.05) is 23.7 Å². The Morgan fingerprint density at radius 2 is 1.59 bits per heavy atom. The van der Waals surface area contributed by atoms with E-state index in [0.29, 0.717) is 34.9 Å². The molecule has 32 heavy (non-hydrogen) atoms. The van der Waals surface area contributed by atoms with E-state index in [1.165, 1.54) is 6.20 Å². The van der Waals surface area contributed by atoms with Crippen LogP contribution < -0.4 is 10.6 Å². The molecule has 2 heterocycles. The number of aromatic nitrogens is 1. The number of nitrogens with zero attached hydrogens (tertiary/aromatic N) is 2. The first-order valence-corrected chi connectivity index (χ1v) is 11.5. The summed E-state index contributed by atoms with van der Waals surface area (Å²) in [6.45, 7) is 1.73. The molecule has 2 aliphatic rings. The molecule has 0 spiro atoms. The zero-order valence-corrected chi connectivity index (χ0v) is 18.6. The summed E-state index contributed by atoms with van der Waals surface area (Å²) in [7, 11) is 0. The van der Waals surface area contributed by atoms with Crippen LogP contribution in [0.3, 0.4) is 0 Å². The minimum Gasteiger partial charge on any atom is -0.342 e. The third kappa shape index (κ3) is 5.27. The first kappa shape index (κ1) is 22.3. The number of halogens is 1. The molecule has 3 amide bonds. The average Bonchev–Trinajstić information content (AvgIpc) is 3.35. The van der Waals surface area contributed by atoms with Gasteiger partial charge >= 0.3 is 0 Å². The van der Waals surface area contributed by atoms with Crippen LogP contribution in [0.2, 0.25) is 5.02 Å². The van der Waals surface area contributed by atoms with Crippen LogP contribution in [0.5, 0.6) is 0 Å². The Bertz CT molecular complexity index is 981. The monoisotopic (exact) mass is 454 g/mol. The SMILES string of the molecule is O=C(Nc1ccc(Cl)cn1)c1ccccc1NC(=O)[C@H]1CC[C@H](C(=O)N2CCCC2)CC1. The van der Waals surface area contributed by atoms with Crippen LogP contribution in [-0.2, 0) is 9.59 Å². The number of pyridine rings is 1. The van der Waals surface area contributed by atoms with Crippen molar-refractivity contribution >= 4 is 40.8 Å². The van der Waals surface area contributed by atoms with E-state index in [-0.39, 0.29) is 29.6 Å². The Hall–Kier alpha value is -2.93. The van der Waals surface area contributed by atoms with Gasteiger partial charge in [-0.15, -0.1) is 0 Å². The van der Waals surface area contributed by atoms with Crippen LogP contribution in [0, 0.1) is 11.8 Å². The topological polar surface area (TPSA) is 91.4 Å². The zero-order chi connectivity index (χ0) is 22.5. The predicted molar refractivity (Wildman–Crippen MR) is 124 cm³/mol. The number of amides is 3. The number of nitrogens with one attached hydrogen (secondary N) is 2. The zero-order valence-electron chi connectivity index (χ0n) is 17.9. The van der Waals surface area contributed by atoms with E-state index in [0.717, 1.165) is 38.8 Å². The van der Waals surface area contributed by atoms with E-state index in [1.807, 2.05) is 4.90 Å². The van der Waals surface area contributed by atoms with Crippen LogP contribution in [0.15, 0.2) is 42.6 Å². The molecule has 2 aromatic rings. The summed E-state index contributed by atoms with van der Waals surface area (Å²) in [5, 5.41) is 6.12. The molecule has 2 N–H and O–H groups in total. The maximum Gasteiger partial charge on any atom is 0.258 e. The molecule has 2 fully saturated rings. The van der Waals surface area contributed by atoms with Crippen molar-refractivity contribution in [1.29, 1.82) is 0 Å². The van der Waals surface area contributed by atoms with Gasteiger partial charge in [0.05, 0.1) is 16.3 Å². The lowest BCUT2D eigenvalue weighted by Gasteiger charge is -2.30. The van der Waals surface area contributed by atoms with Gasteiger partial charge in [0.15, 0.2) is 0 Å². The quantitative estimate of drug-likeness (QED) is 0.702. The Balaban J connectivity index is 1.35. The standard InChI is InChI=1S/C24H27ClN4O3/c25-18-11-12-21(26-15-18)28-23(31)19-5-1-2-6-20(19)27-22(30)16-7-9-17(10-8-16)24(32)29-13-3-4-14-29/h1-2,5-6,11-12,15-17H,3-4,7-10,13-14H2,(H,27,30)(H,26,28,31)/t16-,17-. The predicted octanol–water partition coefficient (Wildman–Crippen LogP) is 4.35. The molecular formula is C24H27ClN4O3. The van der Waals surface area contributed by atoms with E-state index in [1.54, 1.807) is 36.4 Å². The number of anilines is 2. The molecular weight excluding hydrogens is 428 g/mol. The van der Waals surface area contributed by atoms with Gasteiger partial charge in [0.1, 0.15) is 5.82 Å². The van der Waals surface area contributed by atoms with Crippen molar-refractivity contribution in [2.45, 2.75) is 38.5 Å². The summed E-state index contributed by atoms with van der Waals surface area (Å²) in [4.78, 5) is 44.3. The molecule has 0 unspecified atom stereocenters. The van der Waals surface area contributed by atoms with Crippen LogP contribution in [0.4, 0.5) is 11.5 Å². The Morgan fingerprint density at radius 3 is 2.28 bits per heavy atom. The van der Waals surface area contributed by atoms with Gasteiger partial charge in [0, 0.05) is 31.1 Å². The van der Waals surface area contributed by atoms with Crippen molar-refractivity contribution in [2.24, 2.45) is 11.8 Å². The van der Waals surface area contributed by atoms with Gasteiger partial charge in [-0.05, 0) is 62.8 Å². The first-order valence-electron chi connectivity index (χ1n) is 11.1. The molecule has 4 rings (SSSR count). The fourth-order valence-electron chi connectivity index (χ4n) is 4.46. The molecule has 8 heteroatoms. The minimum atomic E-state index is -0.365. The van der Waals surface area contributed by atoms with Crippen molar-refractivity contribution < 1.29 is 14.4 Å². The van der Waals surface area contributed by atoms with E-state index < -0.39 is 0 Å². The molecule has 7 nitrogen and oxygen atoms in total. The summed E-state index contributed by atoms with van der Waals surface area (Å²) >= 11 is 5.84. The summed E-state index contributed by atoms with van der Waals surface area (Å²) in [5.41, 5.74) is 0.815. The average molecular weight is 455 g/mol. The molecule has 0 atom stereocenters. The number of likely N-dealkylation sites (tertiary alicyclic amines) is 1. The maximum atomic E-state index is 12.9. The summed E-state index contributed by atoms with van der Waals surface area (Å²) in [5.74, 6) is 0.0204. The second-order valence-electron chi connectivity index (χ2n) is 8.43. The van der Waals surface area contributed by atoms with Crippen molar-refractivity contribution in [1.82, 2.24) is 9.88 Å². The van der Waals surface area contributed by atoms with Crippen LogP contribution in [-0.4, -0.2) is 40.7 Å². The smallest absolute Gasteiger partial charge is 0.258 e. The highest BCUT2D eigenvalue weighted by molar-refractivity contribution is 6.30. The van der Waals surface area contributed by atoms with Gasteiger partial charge < -0.3 is 15.5 Å². The second-order valence-corrected chi connectivity index (χ2v) is 8.87. The van der Waals surface area contributed by atoms with Crippen molar-refractivity contribution in [3.8, 4) is 0 Å². The minimum absolute atomic E-state index is 0.0297. The van der Waals surface area contributed by atoms with Gasteiger partial charge in [-0.3, -0.25) is 14.4 Å². The van der Waals surface area contributed by atoms with Gasteiger partial charge in [-0.1, -0.05) is 23.7 Å². The highest BCUT2D eigenvalue weighted by Crippen LogP contribution is 2.32. The molecule has 1 aliphatic heterocycles. The van der Waals surface area contributed by atoms with Gasteiger partial charge in [0.2, 0.25) is 11.8 Å². The van der Waals surface area contributed by atoms with Crippen molar-refractivity contribution in [3.05, 3.63) is 53.2 Å². The lowest BCUT2D eigenvalue weighted by atomic mass is 9.81. The van der Waals surface area contributed by atoms with Crippen molar-refractivity contribution in [3.63, 3.8) is 0 Å². The lowest BCUT2D eigenvalue weighted by Crippen LogP contribution is -2.37. The van der Waals surface area contributed by atoms with Gasteiger partial charge in [0.25, 0.3) is 5.91 Å². The summed E-state index contributed by atoms with van der Waals surface area (Å²) < 4.78 is 0. The molecule has 1 saturated heterocycles. The van der Waals surface area contributed by atoms with Crippen LogP contribution in [0.25, 0.3) is 0 Å². The highest BCUT2D eigenvalue weighted by atomic mass is 35.5. The number of benzene rings is 1. The van der Waals surface area contributed by atoms with Crippen LogP contribution in [0.1, 0.15) is 48.9 Å². The highest BCUT2D eigenvalue weighted by Gasteiger charge is 2.33. The Labute approximate surface area is 192 Å². The fourth-order valence-corrected chi connectivity index (χ4v) is 4.57. The number of carbonyl (C=O) groups excluding carboxylic acids is 3. The van der Waals surface area contributed by atoms with E-state index in [2.05, 4.69) is 15.6 Å². The van der Waals surface area contributed by atoms with E-state index in [4.69, 9.17) is 11.6 Å². The third-order valence-corrected chi connectivity index (χ3v) is 6.49. The molecule has 1 saturated carbocycles. The van der Waals surface area contributed by atoms with E-state index in [9.17, 15) is 14.4 Å². The lowest BCUT2D eigenvalue weighted by molar-refractivity contribution is -0.136. The third-order valence-electron chi connectivity index (χ3n) is 6.26. The normalized spacial score (nSPS) is 20.6. The Kier molecular flexibility index (Phi) is 7.05. The molecule has 168 valence electrons. The molecule has 1 aromatic carbocycles. The molecule has 0 bridgehead atoms. The Morgan fingerprint density at radius 1 is 0.906 bits per heavy atom. The van der Waals surface area contributed by atoms with Crippen LogP contribution >= 0.6 is 11.6 Å². The van der Waals surface area contributed by atoms with E-state index >= 15 is 0 Å². The number of carbonyl (C=O) groups is 3. The number of hydrogen-bond donors (Lipinski definition) is 2. The molecule has 1 aromatic heterocycles. The second kappa shape index (κ2) is 10.1. The molecule has 0 radical (unpaired) electrons. The molecule has 1 aliphatic carbocycles. The fraction of sp³-hybridized carbons (Fsp3) is 0.417. The summed E-state index contributed by atoms with van der Waals surface area (Å²) in [6.07, 6.45) is 6.46. The van der Waals surface area contributed by atoms with Gasteiger partial charge in [-0.25, -0.2) is 4.98 Å². The maximum absolute atomic E-state index is 12.9. The summed E-state index contributed by atoms with van der Waals surface area (Å²) in [6, 6.07) is 10.1. The van der Waals surface area contributed by atoms with Gasteiger partial charge in [-0.2, -0.15) is 0 Å². The number of rotatable bonds is 5.